The molecule has 0 unspecified atom stereocenters. The van der Waals surface area contributed by atoms with E-state index in [1.165, 1.54) is 38.1 Å². The van der Waals surface area contributed by atoms with E-state index in [2.05, 4.69) is 10.6 Å². The Morgan fingerprint density at radius 2 is 1.39 bits per heavy atom. The molecule has 0 bridgehead atoms. The van der Waals surface area contributed by atoms with Gasteiger partial charge in [0.1, 0.15) is 0 Å². The molecule has 0 fully saturated rings. The van der Waals surface area contributed by atoms with Crippen LogP contribution in [0, 0.1) is 0 Å². The first-order chi connectivity index (χ1) is 14.6. The number of amides is 2. The molecule has 0 radical (unpaired) electrons. The number of anilines is 2. The van der Waals surface area contributed by atoms with Crippen LogP contribution in [-0.4, -0.2) is 44.3 Å². The molecule has 0 heterocycles. The lowest BCUT2D eigenvalue weighted by Crippen LogP contribution is -2.22. The Morgan fingerprint density at radius 3 is 1.94 bits per heavy atom. The summed E-state index contributed by atoms with van der Waals surface area (Å²) in [5.74, 6) is -2.30. The van der Waals surface area contributed by atoms with Crippen molar-refractivity contribution in [1.82, 2.24) is 0 Å². The maximum atomic E-state index is 12.3. The Balaban J connectivity index is 1.80. The van der Waals surface area contributed by atoms with Crippen molar-refractivity contribution in [2.45, 2.75) is 25.2 Å². The molecular formula is C21H22N2O7S. The number of carbonyl (C=O) groups excluding carboxylic acids is 4. The molecule has 2 amide bonds. The monoisotopic (exact) mass is 446 g/mol. The molecule has 2 rings (SSSR count). The SMILES string of the molecule is CC(=O)Nc1ccc(S(=O)(=O)CCC(=O)OCC(=O)Nc2ccc(C(C)=O)cc2)cc1. The molecule has 2 aromatic carbocycles. The Kier molecular flexibility index (Phi) is 8.03. The summed E-state index contributed by atoms with van der Waals surface area (Å²) in [6, 6.07) is 11.7. The van der Waals surface area contributed by atoms with Crippen LogP contribution in [0.15, 0.2) is 53.4 Å². The van der Waals surface area contributed by atoms with Crippen LogP contribution in [0.3, 0.4) is 0 Å². The number of ketones is 1. The summed E-state index contributed by atoms with van der Waals surface area (Å²) in [5, 5.41) is 5.03. The highest BCUT2D eigenvalue weighted by Gasteiger charge is 2.18. The number of hydrogen-bond donors (Lipinski definition) is 2. The van der Waals surface area contributed by atoms with E-state index in [-0.39, 0.29) is 16.6 Å². The topological polar surface area (TPSA) is 136 Å². The molecule has 0 aliphatic carbocycles. The number of hydrogen-bond acceptors (Lipinski definition) is 7. The highest BCUT2D eigenvalue weighted by Crippen LogP contribution is 2.16. The number of rotatable bonds is 9. The van der Waals surface area contributed by atoms with E-state index in [0.29, 0.717) is 16.9 Å². The van der Waals surface area contributed by atoms with Crippen molar-refractivity contribution in [3.63, 3.8) is 0 Å². The zero-order valence-corrected chi connectivity index (χ0v) is 17.8. The lowest BCUT2D eigenvalue weighted by atomic mass is 10.1. The van der Waals surface area contributed by atoms with Gasteiger partial charge in [0, 0.05) is 23.9 Å². The number of Topliss-reactive ketones (excluding diaryl/α,β-unsaturated/α-hetero) is 1. The molecule has 2 N–H and O–H groups in total. The molecule has 2 aromatic rings. The quantitative estimate of drug-likeness (QED) is 0.445. The molecule has 0 aliphatic rings. The third kappa shape index (κ3) is 7.67. The number of sulfone groups is 1. The van der Waals surface area contributed by atoms with Gasteiger partial charge >= 0.3 is 5.97 Å². The third-order valence-corrected chi connectivity index (χ3v) is 5.78. The van der Waals surface area contributed by atoms with Crippen LogP contribution in [0.1, 0.15) is 30.6 Å². The molecule has 9 nitrogen and oxygen atoms in total. The van der Waals surface area contributed by atoms with Gasteiger partial charge in [-0.1, -0.05) is 0 Å². The van der Waals surface area contributed by atoms with Gasteiger partial charge in [-0.25, -0.2) is 8.42 Å². The lowest BCUT2D eigenvalue weighted by molar-refractivity contribution is -0.146. The lowest BCUT2D eigenvalue weighted by Gasteiger charge is -2.08. The number of nitrogens with one attached hydrogen (secondary N) is 2. The summed E-state index contributed by atoms with van der Waals surface area (Å²) < 4.78 is 29.5. The second kappa shape index (κ2) is 10.5. The standard InChI is InChI=1S/C21H22N2O7S/c1-14(24)16-3-5-18(6-4-16)23-20(26)13-30-21(27)11-12-31(28,29)19-9-7-17(8-10-19)22-15(2)25/h3-10H,11-13H2,1-2H3,(H,22,25)(H,23,26). The summed E-state index contributed by atoms with van der Waals surface area (Å²) in [5.41, 5.74) is 1.37. The van der Waals surface area contributed by atoms with Gasteiger partial charge in [0.25, 0.3) is 5.91 Å². The average molecular weight is 446 g/mol. The molecule has 10 heteroatoms. The van der Waals surface area contributed by atoms with E-state index in [0.717, 1.165) is 0 Å². The minimum absolute atomic E-state index is 0.00107. The maximum absolute atomic E-state index is 12.3. The highest BCUT2D eigenvalue weighted by molar-refractivity contribution is 7.91. The van der Waals surface area contributed by atoms with E-state index >= 15 is 0 Å². The van der Waals surface area contributed by atoms with Crippen molar-refractivity contribution in [2.24, 2.45) is 0 Å². The first-order valence-corrected chi connectivity index (χ1v) is 10.9. The van der Waals surface area contributed by atoms with Crippen LogP contribution in [-0.2, 0) is 29.0 Å². The molecule has 164 valence electrons. The maximum Gasteiger partial charge on any atom is 0.307 e. The normalized spacial score (nSPS) is 10.8. The van der Waals surface area contributed by atoms with Crippen molar-refractivity contribution in [3.8, 4) is 0 Å². The number of benzene rings is 2. The molecule has 0 atom stereocenters. The van der Waals surface area contributed by atoms with Crippen molar-refractivity contribution in [2.75, 3.05) is 23.0 Å². The van der Waals surface area contributed by atoms with Gasteiger partial charge in [0.05, 0.1) is 17.1 Å². The largest absolute Gasteiger partial charge is 0.456 e. The van der Waals surface area contributed by atoms with Crippen molar-refractivity contribution in [3.05, 3.63) is 54.1 Å². The summed E-state index contributed by atoms with van der Waals surface area (Å²) in [7, 11) is -3.74. The second-order valence-electron chi connectivity index (χ2n) is 6.62. The Morgan fingerprint density at radius 1 is 0.839 bits per heavy atom. The zero-order valence-electron chi connectivity index (χ0n) is 17.0. The van der Waals surface area contributed by atoms with Crippen LogP contribution in [0.5, 0.6) is 0 Å². The fourth-order valence-electron chi connectivity index (χ4n) is 2.49. The Labute approximate surface area is 179 Å². The predicted molar refractivity (Wildman–Crippen MR) is 113 cm³/mol. The van der Waals surface area contributed by atoms with Gasteiger partial charge in [-0.15, -0.1) is 0 Å². The first kappa shape index (κ1) is 23.7. The Hall–Kier alpha value is -3.53. The number of esters is 1. The molecular weight excluding hydrogens is 424 g/mol. The van der Waals surface area contributed by atoms with Crippen LogP contribution >= 0.6 is 0 Å². The molecule has 0 saturated carbocycles. The van der Waals surface area contributed by atoms with E-state index in [9.17, 15) is 27.6 Å². The predicted octanol–water partition coefficient (Wildman–Crippen LogP) is 2.19. The summed E-state index contributed by atoms with van der Waals surface area (Å²) in [6.45, 7) is 2.19. The third-order valence-electron chi connectivity index (χ3n) is 4.05. The van der Waals surface area contributed by atoms with Crippen LogP contribution in [0.25, 0.3) is 0 Å². The van der Waals surface area contributed by atoms with E-state index in [4.69, 9.17) is 4.74 Å². The van der Waals surface area contributed by atoms with E-state index in [1.807, 2.05) is 0 Å². The first-order valence-electron chi connectivity index (χ1n) is 9.24. The average Bonchev–Trinajstić information content (AvgIpc) is 2.71. The second-order valence-corrected chi connectivity index (χ2v) is 8.73. The van der Waals surface area contributed by atoms with Gasteiger partial charge in [0.15, 0.2) is 22.2 Å². The molecule has 0 aliphatic heterocycles. The molecule has 0 aromatic heterocycles. The highest BCUT2D eigenvalue weighted by atomic mass is 32.2. The van der Waals surface area contributed by atoms with E-state index < -0.39 is 40.5 Å². The van der Waals surface area contributed by atoms with Crippen LogP contribution in [0.4, 0.5) is 11.4 Å². The fraction of sp³-hybridized carbons (Fsp3) is 0.238. The van der Waals surface area contributed by atoms with Crippen molar-refractivity contribution < 1.29 is 32.3 Å². The molecule has 31 heavy (non-hydrogen) atoms. The zero-order chi connectivity index (χ0) is 23.0. The van der Waals surface area contributed by atoms with E-state index in [1.54, 1.807) is 24.3 Å². The summed E-state index contributed by atoms with van der Waals surface area (Å²) >= 11 is 0. The smallest absolute Gasteiger partial charge is 0.307 e. The van der Waals surface area contributed by atoms with Gasteiger partial charge in [-0.05, 0) is 55.5 Å². The fourth-order valence-corrected chi connectivity index (χ4v) is 3.71. The number of ether oxygens (including phenoxy) is 1. The molecule has 0 spiro atoms. The van der Waals surface area contributed by atoms with Crippen LogP contribution in [0.2, 0.25) is 0 Å². The minimum atomic E-state index is -3.74. The Bertz CT molecular complexity index is 1080. The van der Waals surface area contributed by atoms with Crippen molar-refractivity contribution >= 4 is 44.8 Å². The van der Waals surface area contributed by atoms with Gasteiger partial charge in [0.2, 0.25) is 5.91 Å². The van der Waals surface area contributed by atoms with Crippen LogP contribution < -0.4 is 10.6 Å². The van der Waals surface area contributed by atoms with Gasteiger partial charge < -0.3 is 15.4 Å². The summed E-state index contributed by atoms with van der Waals surface area (Å²) in [6.07, 6.45) is -0.420. The summed E-state index contributed by atoms with van der Waals surface area (Å²) in [4.78, 5) is 45.9. The van der Waals surface area contributed by atoms with Gasteiger partial charge in [-0.2, -0.15) is 0 Å². The minimum Gasteiger partial charge on any atom is -0.456 e. The van der Waals surface area contributed by atoms with Gasteiger partial charge in [-0.3, -0.25) is 19.2 Å². The van der Waals surface area contributed by atoms with Crippen molar-refractivity contribution in [1.29, 1.82) is 0 Å². The number of carbonyl (C=O) groups is 4. The molecule has 0 saturated heterocycles.